The first-order chi connectivity index (χ1) is 13.5. The number of H-pyrrole nitrogens is 1. The lowest BCUT2D eigenvalue weighted by atomic mass is 10.1. The van der Waals surface area contributed by atoms with Crippen molar-refractivity contribution in [2.45, 2.75) is 0 Å². The number of nitrogens with one attached hydrogen (secondary N) is 1. The number of ketones is 2. The Hall–Kier alpha value is -3.92. The number of Topliss-reactive ketones (excluding diaryl/α,β-unsaturated/α-hetero) is 2. The number of nitrogens with zero attached hydrogens (tertiary/aromatic N) is 4. The molecule has 10 heteroatoms. The summed E-state index contributed by atoms with van der Waals surface area (Å²) in [4.78, 5) is 37.5. The lowest BCUT2D eigenvalue weighted by Gasteiger charge is -2.19. The van der Waals surface area contributed by atoms with Gasteiger partial charge in [0.2, 0.25) is 22.7 Å². The Kier molecular flexibility index (Phi) is 4.17. The third-order valence-electron chi connectivity index (χ3n) is 4.33. The van der Waals surface area contributed by atoms with Crippen molar-refractivity contribution in [3.63, 3.8) is 0 Å². The summed E-state index contributed by atoms with van der Waals surface area (Å²) in [5.74, 6) is -1.13. The molecular weight excluding hydrogens is 382 g/mol. The van der Waals surface area contributed by atoms with Crippen LogP contribution in [-0.4, -0.2) is 43.3 Å². The van der Waals surface area contributed by atoms with Gasteiger partial charge in [0, 0.05) is 16.8 Å². The number of carbonyl (C=O) groups is 3. The highest BCUT2D eigenvalue weighted by Crippen LogP contribution is 2.32. The van der Waals surface area contributed by atoms with E-state index in [2.05, 4.69) is 15.5 Å². The zero-order chi connectivity index (χ0) is 19.8. The van der Waals surface area contributed by atoms with Crippen LogP contribution in [-0.2, 0) is 4.79 Å². The molecule has 1 aliphatic carbocycles. The van der Waals surface area contributed by atoms with Crippen LogP contribution in [0.4, 0.5) is 11.4 Å². The molecule has 0 fully saturated rings. The Morgan fingerprint density at radius 3 is 2.50 bits per heavy atom. The number of benzene rings is 2. The molecule has 0 radical (unpaired) electrons. The van der Waals surface area contributed by atoms with Crippen LogP contribution in [0.15, 0.2) is 54.3 Å². The minimum absolute atomic E-state index is 0.130. The second-order valence-electron chi connectivity index (χ2n) is 5.84. The van der Waals surface area contributed by atoms with Crippen molar-refractivity contribution in [2.75, 3.05) is 4.90 Å². The number of aliphatic hydroxyl groups is 1. The maximum absolute atomic E-state index is 12.3. The summed E-state index contributed by atoms with van der Waals surface area (Å²) in [5, 5.41) is 19.1. The van der Waals surface area contributed by atoms with Crippen LogP contribution in [0.25, 0.3) is 5.69 Å². The molecule has 3 aromatic rings. The van der Waals surface area contributed by atoms with Gasteiger partial charge in [-0.3, -0.25) is 19.3 Å². The number of rotatable bonds is 4. The first-order valence-corrected chi connectivity index (χ1v) is 8.39. The molecule has 2 N–H and O–H groups in total. The Balaban J connectivity index is 1.78. The zero-order valence-electron chi connectivity index (χ0n) is 14.1. The van der Waals surface area contributed by atoms with Gasteiger partial charge in [-0.15, -0.1) is 0 Å². The van der Waals surface area contributed by atoms with Gasteiger partial charge in [-0.05, 0) is 48.6 Å². The lowest BCUT2D eigenvalue weighted by molar-refractivity contribution is -0.106. The largest absolute Gasteiger partial charge is 0.515 e. The van der Waals surface area contributed by atoms with Crippen molar-refractivity contribution in [1.82, 2.24) is 20.2 Å². The van der Waals surface area contributed by atoms with Gasteiger partial charge in [-0.2, -0.15) is 5.21 Å². The number of aromatic nitrogens is 4. The molecule has 0 spiro atoms. The highest BCUT2D eigenvalue weighted by atomic mass is 32.1. The summed E-state index contributed by atoms with van der Waals surface area (Å²) in [6.07, 6.45) is 1.10. The normalized spacial score (nSPS) is 14.4. The van der Waals surface area contributed by atoms with Gasteiger partial charge in [0.15, 0.2) is 0 Å². The number of aromatic amines is 1. The van der Waals surface area contributed by atoms with Gasteiger partial charge in [0.25, 0.3) is 0 Å². The Morgan fingerprint density at radius 2 is 1.82 bits per heavy atom. The third kappa shape index (κ3) is 2.63. The molecule has 0 saturated carbocycles. The van der Waals surface area contributed by atoms with Crippen molar-refractivity contribution in [3.8, 4) is 5.69 Å². The number of anilines is 2. The van der Waals surface area contributed by atoms with Gasteiger partial charge in [0.05, 0.1) is 17.6 Å². The van der Waals surface area contributed by atoms with Crippen LogP contribution in [0.5, 0.6) is 0 Å². The summed E-state index contributed by atoms with van der Waals surface area (Å²) < 4.78 is 1.69. The van der Waals surface area contributed by atoms with Crippen molar-refractivity contribution in [2.24, 2.45) is 0 Å². The van der Waals surface area contributed by atoms with E-state index >= 15 is 0 Å². The number of allylic oxidation sites excluding steroid dienone is 1. The van der Waals surface area contributed by atoms with Crippen LogP contribution in [0.1, 0.15) is 20.7 Å². The molecule has 0 bridgehead atoms. The van der Waals surface area contributed by atoms with Gasteiger partial charge in [-0.1, -0.05) is 16.4 Å². The van der Waals surface area contributed by atoms with E-state index in [-0.39, 0.29) is 21.5 Å². The summed E-state index contributed by atoms with van der Waals surface area (Å²) >= 11 is 5.08. The van der Waals surface area contributed by atoms with Crippen LogP contribution in [0, 0.1) is 4.77 Å². The van der Waals surface area contributed by atoms with Crippen LogP contribution in [0.3, 0.4) is 0 Å². The molecule has 0 unspecified atom stereocenters. The molecule has 9 nitrogen and oxygen atoms in total. The fourth-order valence-corrected chi connectivity index (χ4v) is 3.18. The van der Waals surface area contributed by atoms with E-state index in [9.17, 15) is 14.4 Å². The van der Waals surface area contributed by atoms with Crippen LogP contribution >= 0.6 is 12.2 Å². The fourth-order valence-electron chi connectivity index (χ4n) is 3.00. The molecule has 4 rings (SSSR count). The van der Waals surface area contributed by atoms with E-state index in [1.165, 1.54) is 21.7 Å². The maximum atomic E-state index is 12.3. The average Bonchev–Trinajstić information content (AvgIpc) is 3.24. The number of carbonyl (C=O) groups excluding carboxylic acids is 3. The first-order valence-electron chi connectivity index (χ1n) is 7.98. The molecule has 138 valence electrons. The van der Waals surface area contributed by atoms with E-state index in [1.807, 2.05) is 0 Å². The number of fused-ring (bicyclic) bond motifs is 1. The smallest absolute Gasteiger partial charge is 0.242 e. The fraction of sp³-hybridized carbons (Fsp3) is 0. The number of amides is 1. The highest BCUT2D eigenvalue weighted by Gasteiger charge is 2.34. The van der Waals surface area contributed by atoms with E-state index < -0.39 is 11.6 Å². The summed E-state index contributed by atoms with van der Waals surface area (Å²) in [6, 6.07) is 11.3. The monoisotopic (exact) mass is 393 g/mol. The van der Waals surface area contributed by atoms with Crippen molar-refractivity contribution >= 4 is 41.6 Å². The molecule has 0 aliphatic heterocycles. The predicted octanol–water partition coefficient (Wildman–Crippen LogP) is 2.44. The van der Waals surface area contributed by atoms with Crippen molar-refractivity contribution in [1.29, 1.82) is 0 Å². The second kappa shape index (κ2) is 6.67. The average molecular weight is 393 g/mol. The molecular formula is C18H11N5O4S. The number of aliphatic hydroxyl groups excluding tert-OH is 1. The second-order valence-corrected chi connectivity index (χ2v) is 6.21. The summed E-state index contributed by atoms with van der Waals surface area (Å²) in [5.41, 5.74) is 1.51. The minimum Gasteiger partial charge on any atom is -0.515 e. The molecule has 1 amide bonds. The van der Waals surface area contributed by atoms with Gasteiger partial charge >= 0.3 is 0 Å². The molecule has 0 saturated heterocycles. The number of tetrazole rings is 1. The quantitative estimate of drug-likeness (QED) is 0.230. The number of hydrogen-bond donors (Lipinski definition) is 2. The molecule has 1 heterocycles. The Labute approximate surface area is 162 Å². The summed E-state index contributed by atoms with van der Waals surface area (Å²) in [7, 11) is 0. The van der Waals surface area contributed by atoms with Gasteiger partial charge in [-0.25, -0.2) is 4.68 Å². The van der Waals surface area contributed by atoms with Gasteiger partial charge < -0.3 is 5.11 Å². The zero-order valence-corrected chi connectivity index (χ0v) is 14.9. The van der Waals surface area contributed by atoms with E-state index in [0.29, 0.717) is 29.7 Å². The Bertz CT molecular complexity index is 1230. The van der Waals surface area contributed by atoms with E-state index in [4.69, 9.17) is 17.3 Å². The topological polar surface area (TPSA) is 121 Å². The SMILES string of the molecule is O=CN(c1cccc(-n2[nH]nnc2=S)c1)c1ccc2c(c1)C(=O)/C(=C\O)C2=O. The predicted molar refractivity (Wildman–Crippen MR) is 101 cm³/mol. The summed E-state index contributed by atoms with van der Waals surface area (Å²) in [6.45, 7) is 0. The van der Waals surface area contributed by atoms with Crippen molar-refractivity contribution < 1.29 is 19.5 Å². The van der Waals surface area contributed by atoms with E-state index in [1.54, 1.807) is 30.3 Å². The number of hydrogen-bond acceptors (Lipinski definition) is 7. The van der Waals surface area contributed by atoms with E-state index in [0.717, 1.165) is 0 Å². The van der Waals surface area contributed by atoms with Crippen molar-refractivity contribution in [3.05, 3.63) is 70.2 Å². The minimum atomic E-state index is -0.584. The molecule has 28 heavy (non-hydrogen) atoms. The molecule has 2 aromatic carbocycles. The lowest BCUT2D eigenvalue weighted by Crippen LogP contribution is -2.15. The molecule has 0 atom stereocenters. The van der Waals surface area contributed by atoms with Crippen LogP contribution < -0.4 is 4.90 Å². The maximum Gasteiger partial charge on any atom is 0.242 e. The van der Waals surface area contributed by atoms with Crippen LogP contribution in [0.2, 0.25) is 0 Å². The Morgan fingerprint density at radius 1 is 1.07 bits per heavy atom. The third-order valence-corrected chi connectivity index (χ3v) is 4.60. The standard InChI is InChI=1S/C18H11N5O4S/c24-8-15-16(26)13-5-4-11(7-14(13)17(15)27)22(9-25)10-2-1-3-12(6-10)23-18(28)19-20-21-23/h1-9,24H,(H,19,21,28)/b15-8-. The first kappa shape index (κ1) is 17.5. The van der Waals surface area contributed by atoms with Gasteiger partial charge in [0.1, 0.15) is 5.57 Å². The molecule has 1 aromatic heterocycles. The molecule has 1 aliphatic rings. The highest BCUT2D eigenvalue weighted by molar-refractivity contribution is 7.71.